The molecule has 19 heavy (non-hydrogen) atoms. The van der Waals surface area contributed by atoms with Crippen molar-refractivity contribution in [3.8, 4) is 0 Å². The average molecular weight is 309 g/mol. The molecule has 1 unspecified atom stereocenters. The quantitative estimate of drug-likeness (QED) is 0.889. The normalized spacial score (nSPS) is 21.1. The number of nitrogens with zero attached hydrogens (tertiary/aromatic N) is 3. The molecule has 0 aromatic carbocycles. The van der Waals surface area contributed by atoms with E-state index in [4.69, 9.17) is 0 Å². The summed E-state index contributed by atoms with van der Waals surface area (Å²) in [6.07, 6.45) is 4.91. The Labute approximate surface area is 120 Å². The third-order valence-corrected chi connectivity index (χ3v) is 5.29. The molecular weight excluding hydrogens is 288 g/mol. The van der Waals surface area contributed by atoms with Gasteiger partial charge in [0.25, 0.3) is 10.0 Å². The third kappa shape index (κ3) is 3.28. The van der Waals surface area contributed by atoms with Gasteiger partial charge in [0.15, 0.2) is 5.03 Å². The van der Waals surface area contributed by atoms with Gasteiger partial charge < -0.3 is 9.88 Å². The van der Waals surface area contributed by atoms with E-state index in [1.807, 2.05) is 14.0 Å². The van der Waals surface area contributed by atoms with E-state index in [1.165, 1.54) is 6.20 Å². The first kappa shape index (κ1) is 16.4. The largest absolute Gasteiger partial charge is 0.321 e. The zero-order chi connectivity index (χ0) is 13.2. The molecule has 110 valence electrons. The lowest BCUT2D eigenvalue weighted by Gasteiger charge is -2.31. The molecule has 1 aromatic rings. The third-order valence-electron chi connectivity index (χ3n) is 3.41. The molecular formula is C11H21ClN4O2S. The molecule has 0 spiro atoms. The van der Waals surface area contributed by atoms with Crippen molar-refractivity contribution in [3.05, 3.63) is 12.5 Å². The lowest BCUT2D eigenvalue weighted by atomic mass is 10.1. The Bertz CT molecular complexity index is 503. The first-order valence-electron chi connectivity index (χ1n) is 6.27. The summed E-state index contributed by atoms with van der Waals surface area (Å²) in [5, 5.41) is 3.44. The molecule has 1 saturated heterocycles. The maximum Gasteiger partial charge on any atom is 0.260 e. The van der Waals surface area contributed by atoms with Crippen LogP contribution in [-0.2, 0) is 16.6 Å². The highest BCUT2D eigenvalue weighted by Crippen LogP contribution is 2.20. The highest BCUT2D eigenvalue weighted by atomic mass is 35.5. The fourth-order valence-electron chi connectivity index (χ4n) is 2.29. The first-order chi connectivity index (χ1) is 8.59. The number of hydrogen-bond donors (Lipinski definition) is 1. The molecule has 8 heteroatoms. The van der Waals surface area contributed by atoms with E-state index in [2.05, 4.69) is 10.3 Å². The van der Waals surface area contributed by atoms with E-state index >= 15 is 0 Å². The predicted octanol–water partition coefficient (Wildman–Crippen LogP) is 0.697. The van der Waals surface area contributed by atoms with Gasteiger partial charge in [0.05, 0.1) is 12.5 Å². The zero-order valence-corrected chi connectivity index (χ0v) is 12.9. The van der Waals surface area contributed by atoms with Crippen LogP contribution in [0, 0.1) is 0 Å². The Morgan fingerprint density at radius 2 is 2.26 bits per heavy atom. The fourth-order valence-corrected chi connectivity index (χ4v) is 3.97. The topological polar surface area (TPSA) is 67.2 Å². The van der Waals surface area contributed by atoms with Crippen molar-refractivity contribution in [1.29, 1.82) is 0 Å². The standard InChI is InChI=1S/C11H20N4O2S.ClH/c1-3-14-9-13-7-11(14)18(16,17)15-6-4-5-10(8-15)12-2;/h7,9-10,12H,3-6,8H2,1-2H3;1H. The van der Waals surface area contributed by atoms with E-state index in [-0.39, 0.29) is 18.4 Å². The number of sulfonamides is 1. The van der Waals surface area contributed by atoms with Crippen LogP contribution < -0.4 is 5.32 Å². The monoisotopic (exact) mass is 308 g/mol. The maximum atomic E-state index is 12.5. The maximum absolute atomic E-state index is 12.5. The number of likely N-dealkylation sites (N-methyl/N-ethyl adjacent to an activating group) is 1. The molecule has 0 bridgehead atoms. The number of hydrogen-bond acceptors (Lipinski definition) is 4. The molecule has 1 aliphatic rings. The lowest BCUT2D eigenvalue weighted by molar-refractivity contribution is 0.291. The summed E-state index contributed by atoms with van der Waals surface area (Å²) in [4.78, 5) is 3.93. The van der Waals surface area contributed by atoms with Crippen LogP contribution in [0.5, 0.6) is 0 Å². The van der Waals surface area contributed by atoms with Crippen LogP contribution >= 0.6 is 12.4 Å². The van der Waals surface area contributed by atoms with Gasteiger partial charge in [-0.05, 0) is 26.8 Å². The number of rotatable bonds is 4. The molecule has 0 aliphatic carbocycles. The second kappa shape index (κ2) is 6.69. The summed E-state index contributed by atoms with van der Waals surface area (Å²) < 4.78 is 28.3. The van der Waals surface area contributed by atoms with Crippen molar-refractivity contribution in [1.82, 2.24) is 19.2 Å². The minimum absolute atomic E-state index is 0. The Hall–Kier alpha value is -0.630. The Balaban J connectivity index is 0.00000180. The molecule has 2 rings (SSSR count). The minimum Gasteiger partial charge on any atom is -0.321 e. The van der Waals surface area contributed by atoms with Gasteiger partial charge in [-0.25, -0.2) is 13.4 Å². The molecule has 1 aromatic heterocycles. The summed E-state index contributed by atoms with van der Waals surface area (Å²) in [7, 11) is -1.54. The number of piperidine rings is 1. The molecule has 1 aliphatic heterocycles. The van der Waals surface area contributed by atoms with Crippen LogP contribution in [0.3, 0.4) is 0 Å². The van der Waals surface area contributed by atoms with Gasteiger partial charge in [0, 0.05) is 25.7 Å². The van der Waals surface area contributed by atoms with E-state index < -0.39 is 10.0 Å². The number of aryl methyl sites for hydroxylation is 1. The molecule has 1 N–H and O–H groups in total. The number of nitrogens with one attached hydrogen (secondary N) is 1. The number of aromatic nitrogens is 2. The molecule has 0 saturated carbocycles. The van der Waals surface area contributed by atoms with Crippen LogP contribution in [-0.4, -0.2) is 48.5 Å². The Morgan fingerprint density at radius 3 is 2.89 bits per heavy atom. The van der Waals surface area contributed by atoms with Gasteiger partial charge in [0.2, 0.25) is 0 Å². The van der Waals surface area contributed by atoms with Crippen molar-refractivity contribution in [2.75, 3.05) is 20.1 Å². The number of imidazole rings is 1. The minimum atomic E-state index is -3.41. The summed E-state index contributed by atoms with van der Waals surface area (Å²) in [6.45, 7) is 3.65. The Kier molecular flexibility index (Phi) is 5.79. The average Bonchev–Trinajstić information content (AvgIpc) is 2.88. The number of halogens is 1. The van der Waals surface area contributed by atoms with Gasteiger partial charge in [-0.15, -0.1) is 12.4 Å². The van der Waals surface area contributed by atoms with Crippen LogP contribution in [0.15, 0.2) is 17.6 Å². The van der Waals surface area contributed by atoms with E-state index in [9.17, 15) is 8.42 Å². The predicted molar refractivity (Wildman–Crippen MR) is 76.0 cm³/mol. The Morgan fingerprint density at radius 1 is 1.53 bits per heavy atom. The van der Waals surface area contributed by atoms with Crippen LogP contribution in [0.25, 0.3) is 0 Å². The van der Waals surface area contributed by atoms with Crippen LogP contribution in [0.2, 0.25) is 0 Å². The second-order valence-electron chi connectivity index (χ2n) is 4.51. The zero-order valence-electron chi connectivity index (χ0n) is 11.2. The van der Waals surface area contributed by atoms with Crippen molar-refractivity contribution in [2.24, 2.45) is 0 Å². The smallest absolute Gasteiger partial charge is 0.260 e. The highest BCUT2D eigenvalue weighted by molar-refractivity contribution is 7.89. The SMILES string of the molecule is CCn1cncc1S(=O)(=O)N1CCCC(NC)C1.Cl. The molecule has 2 heterocycles. The van der Waals surface area contributed by atoms with Gasteiger partial charge in [0.1, 0.15) is 0 Å². The summed E-state index contributed by atoms with van der Waals surface area (Å²) in [5.41, 5.74) is 0. The van der Waals surface area contributed by atoms with Gasteiger partial charge in [-0.3, -0.25) is 0 Å². The van der Waals surface area contributed by atoms with Gasteiger partial charge >= 0.3 is 0 Å². The van der Waals surface area contributed by atoms with Crippen molar-refractivity contribution in [3.63, 3.8) is 0 Å². The van der Waals surface area contributed by atoms with Crippen LogP contribution in [0.4, 0.5) is 0 Å². The summed E-state index contributed by atoms with van der Waals surface area (Å²) in [5.74, 6) is 0. The van der Waals surface area contributed by atoms with Crippen molar-refractivity contribution >= 4 is 22.4 Å². The van der Waals surface area contributed by atoms with Crippen molar-refractivity contribution in [2.45, 2.75) is 37.4 Å². The van der Waals surface area contributed by atoms with Gasteiger partial charge in [-0.1, -0.05) is 0 Å². The van der Waals surface area contributed by atoms with E-state index in [0.29, 0.717) is 24.7 Å². The van der Waals surface area contributed by atoms with Gasteiger partial charge in [-0.2, -0.15) is 4.31 Å². The molecule has 1 atom stereocenters. The summed E-state index contributed by atoms with van der Waals surface area (Å²) in [6, 6.07) is 0.242. The highest BCUT2D eigenvalue weighted by Gasteiger charge is 2.31. The van der Waals surface area contributed by atoms with E-state index in [1.54, 1.807) is 15.2 Å². The molecule has 1 fully saturated rings. The van der Waals surface area contributed by atoms with E-state index in [0.717, 1.165) is 12.8 Å². The lowest BCUT2D eigenvalue weighted by Crippen LogP contribution is -2.47. The van der Waals surface area contributed by atoms with Crippen LogP contribution in [0.1, 0.15) is 19.8 Å². The molecule has 0 amide bonds. The second-order valence-corrected chi connectivity index (χ2v) is 6.39. The van der Waals surface area contributed by atoms with Crippen molar-refractivity contribution < 1.29 is 8.42 Å². The molecule has 6 nitrogen and oxygen atoms in total. The summed E-state index contributed by atoms with van der Waals surface area (Å²) >= 11 is 0. The fraction of sp³-hybridized carbons (Fsp3) is 0.727. The first-order valence-corrected chi connectivity index (χ1v) is 7.71. The molecule has 0 radical (unpaired) electrons.